The number of hydrogen-bond donors (Lipinski definition) is 1. The normalized spacial score (nSPS) is 11.9. The zero-order valence-electron chi connectivity index (χ0n) is 14.2. The molecular weight excluding hydrogens is 320 g/mol. The second-order valence-electron chi connectivity index (χ2n) is 5.99. The molecule has 0 saturated carbocycles. The van der Waals surface area contributed by atoms with Gasteiger partial charge in [-0.3, -0.25) is 9.59 Å². The lowest BCUT2D eigenvalue weighted by molar-refractivity contribution is -0.129. The standard InChI is InChI=1S/C19H20N2O4/c1-13(22)20-16-6-3-14(4-7-16)10-19(23)21(2)11-15-5-8-17-18(9-15)25-12-24-17/h3-9H,10-12H2,1-2H3,(H,20,22). The lowest BCUT2D eigenvalue weighted by atomic mass is 10.1. The van der Waals surface area contributed by atoms with E-state index in [1.54, 1.807) is 24.1 Å². The van der Waals surface area contributed by atoms with Gasteiger partial charge in [0.2, 0.25) is 18.6 Å². The molecule has 2 aromatic rings. The van der Waals surface area contributed by atoms with Crippen molar-refractivity contribution < 1.29 is 19.1 Å². The van der Waals surface area contributed by atoms with Gasteiger partial charge in [-0.25, -0.2) is 0 Å². The average molecular weight is 340 g/mol. The molecule has 130 valence electrons. The van der Waals surface area contributed by atoms with E-state index in [-0.39, 0.29) is 18.6 Å². The molecule has 2 aromatic carbocycles. The van der Waals surface area contributed by atoms with Gasteiger partial charge in [-0.1, -0.05) is 18.2 Å². The monoisotopic (exact) mass is 340 g/mol. The van der Waals surface area contributed by atoms with Crippen LogP contribution in [0.25, 0.3) is 0 Å². The molecule has 1 heterocycles. The minimum absolute atomic E-state index is 0.0185. The Bertz CT molecular complexity index is 787. The van der Waals surface area contributed by atoms with E-state index >= 15 is 0 Å². The fraction of sp³-hybridized carbons (Fsp3) is 0.263. The van der Waals surface area contributed by atoms with Gasteiger partial charge in [0, 0.05) is 26.2 Å². The van der Waals surface area contributed by atoms with Crippen molar-refractivity contribution in [1.82, 2.24) is 4.90 Å². The van der Waals surface area contributed by atoms with Gasteiger partial charge >= 0.3 is 0 Å². The first-order valence-corrected chi connectivity index (χ1v) is 8.00. The highest BCUT2D eigenvalue weighted by molar-refractivity contribution is 5.88. The number of fused-ring (bicyclic) bond motifs is 1. The lowest BCUT2D eigenvalue weighted by Crippen LogP contribution is -2.27. The second-order valence-corrected chi connectivity index (χ2v) is 5.99. The van der Waals surface area contributed by atoms with Crippen LogP contribution >= 0.6 is 0 Å². The Kier molecular flexibility index (Phi) is 4.88. The van der Waals surface area contributed by atoms with Crippen molar-refractivity contribution in [2.45, 2.75) is 19.9 Å². The van der Waals surface area contributed by atoms with Gasteiger partial charge in [0.1, 0.15) is 0 Å². The molecule has 2 amide bonds. The number of benzene rings is 2. The van der Waals surface area contributed by atoms with Gasteiger partial charge in [-0.05, 0) is 35.4 Å². The second kappa shape index (κ2) is 7.25. The van der Waals surface area contributed by atoms with Crippen LogP contribution in [0, 0.1) is 0 Å². The first kappa shape index (κ1) is 16.8. The van der Waals surface area contributed by atoms with Crippen LogP contribution in [-0.4, -0.2) is 30.6 Å². The Morgan fingerprint density at radius 1 is 1.04 bits per heavy atom. The summed E-state index contributed by atoms with van der Waals surface area (Å²) in [7, 11) is 1.78. The molecule has 0 saturated heterocycles. The van der Waals surface area contributed by atoms with Crippen LogP contribution in [0.15, 0.2) is 42.5 Å². The largest absolute Gasteiger partial charge is 0.454 e. The molecule has 0 spiro atoms. The van der Waals surface area contributed by atoms with Crippen molar-refractivity contribution in [2.24, 2.45) is 0 Å². The van der Waals surface area contributed by atoms with E-state index in [9.17, 15) is 9.59 Å². The number of nitrogens with one attached hydrogen (secondary N) is 1. The van der Waals surface area contributed by atoms with E-state index in [1.165, 1.54) is 6.92 Å². The summed E-state index contributed by atoms with van der Waals surface area (Å²) in [5.74, 6) is 1.35. The summed E-state index contributed by atoms with van der Waals surface area (Å²) in [4.78, 5) is 25.1. The van der Waals surface area contributed by atoms with Crippen molar-refractivity contribution >= 4 is 17.5 Å². The zero-order chi connectivity index (χ0) is 17.8. The highest BCUT2D eigenvalue weighted by Gasteiger charge is 2.15. The first-order chi connectivity index (χ1) is 12.0. The molecule has 0 unspecified atom stereocenters. The summed E-state index contributed by atoms with van der Waals surface area (Å²) in [6, 6.07) is 13.0. The maximum atomic E-state index is 12.4. The highest BCUT2D eigenvalue weighted by atomic mass is 16.7. The number of anilines is 1. The molecule has 0 bridgehead atoms. The smallest absolute Gasteiger partial charge is 0.231 e. The Morgan fingerprint density at radius 3 is 2.44 bits per heavy atom. The van der Waals surface area contributed by atoms with E-state index in [0.717, 1.165) is 22.6 Å². The minimum atomic E-state index is -0.118. The Hall–Kier alpha value is -3.02. The molecule has 3 rings (SSSR count). The summed E-state index contributed by atoms with van der Waals surface area (Å²) in [6.45, 7) is 2.20. The molecule has 1 aliphatic heterocycles. The molecule has 1 N–H and O–H groups in total. The van der Waals surface area contributed by atoms with E-state index in [4.69, 9.17) is 9.47 Å². The third kappa shape index (κ3) is 4.29. The van der Waals surface area contributed by atoms with E-state index in [1.807, 2.05) is 30.3 Å². The number of likely N-dealkylation sites (N-methyl/N-ethyl adjacent to an activating group) is 1. The predicted molar refractivity (Wildman–Crippen MR) is 93.5 cm³/mol. The third-order valence-corrected chi connectivity index (χ3v) is 3.91. The molecule has 0 atom stereocenters. The van der Waals surface area contributed by atoms with Crippen LogP contribution in [0.5, 0.6) is 11.5 Å². The molecule has 6 nitrogen and oxygen atoms in total. The molecule has 25 heavy (non-hydrogen) atoms. The van der Waals surface area contributed by atoms with Gasteiger partial charge in [0.25, 0.3) is 0 Å². The maximum absolute atomic E-state index is 12.4. The number of ether oxygens (including phenoxy) is 2. The van der Waals surface area contributed by atoms with Crippen LogP contribution in [0.1, 0.15) is 18.1 Å². The topological polar surface area (TPSA) is 67.9 Å². The van der Waals surface area contributed by atoms with Crippen molar-refractivity contribution in [3.05, 3.63) is 53.6 Å². The summed E-state index contributed by atoms with van der Waals surface area (Å²) >= 11 is 0. The van der Waals surface area contributed by atoms with Crippen molar-refractivity contribution in [2.75, 3.05) is 19.2 Å². The van der Waals surface area contributed by atoms with E-state index in [2.05, 4.69) is 5.32 Å². The summed E-state index contributed by atoms with van der Waals surface area (Å²) in [5.41, 5.74) is 2.61. The molecule has 0 aliphatic carbocycles. The van der Waals surface area contributed by atoms with Gasteiger partial charge < -0.3 is 19.7 Å². The lowest BCUT2D eigenvalue weighted by Gasteiger charge is -2.17. The quantitative estimate of drug-likeness (QED) is 0.908. The zero-order valence-corrected chi connectivity index (χ0v) is 14.2. The Morgan fingerprint density at radius 2 is 1.72 bits per heavy atom. The number of rotatable bonds is 5. The fourth-order valence-corrected chi connectivity index (χ4v) is 2.62. The molecule has 0 aromatic heterocycles. The first-order valence-electron chi connectivity index (χ1n) is 8.00. The predicted octanol–water partition coefficient (Wildman–Crippen LogP) is 2.57. The fourth-order valence-electron chi connectivity index (χ4n) is 2.62. The summed E-state index contributed by atoms with van der Waals surface area (Å²) in [6.07, 6.45) is 0.307. The number of amides is 2. The van der Waals surface area contributed by atoms with Crippen LogP contribution in [0.3, 0.4) is 0 Å². The third-order valence-electron chi connectivity index (χ3n) is 3.91. The van der Waals surface area contributed by atoms with E-state index < -0.39 is 0 Å². The summed E-state index contributed by atoms with van der Waals surface area (Å²) in [5, 5.41) is 2.70. The van der Waals surface area contributed by atoms with Gasteiger partial charge in [0.05, 0.1) is 6.42 Å². The summed E-state index contributed by atoms with van der Waals surface area (Å²) < 4.78 is 10.6. The van der Waals surface area contributed by atoms with Crippen LogP contribution < -0.4 is 14.8 Å². The van der Waals surface area contributed by atoms with Gasteiger partial charge in [0.15, 0.2) is 11.5 Å². The van der Waals surface area contributed by atoms with Crippen LogP contribution in [-0.2, 0) is 22.6 Å². The van der Waals surface area contributed by atoms with Crippen molar-refractivity contribution in [3.8, 4) is 11.5 Å². The number of carbonyl (C=O) groups is 2. The molecule has 1 aliphatic rings. The molecule has 0 radical (unpaired) electrons. The average Bonchev–Trinajstić information content (AvgIpc) is 3.03. The Labute approximate surface area is 146 Å². The van der Waals surface area contributed by atoms with Gasteiger partial charge in [-0.2, -0.15) is 0 Å². The molecule has 0 fully saturated rings. The number of hydrogen-bond acceptors (Lipinski definition) is 4. The number of nitrogens with zero attached hydrogens (tertiary/aromatic N) is 1. The van der Waals surface area contributed by atoms with Crippen LogP contribution in [0.2, 0.25) is 0 Å². The maximum Gasteiger partial charge on any atom is 0.231 e. The number of carbonyl (C=O) groups excluding carboxylic acids is 2. The van der Waals surface area contributed by atoms with Gasteiger partial charge in [-0.15, -0.1) is 0 Å². The molecule has 6 heteroatoms. The van der Waals surface area contributed by atoms with E-state index in [0.29, 0.717) is 18.7 Å². The molecular formula is C19H20N2O4. The Balaban J connectivity index is 1.58. The SMILES string of the molecule is CC(=O)Nc1ccc(CC(=O)N(C)Cc2ccc3c(c2)OCO3)cc1. The van der Waals surface area contributed by atoms with Crippen molar-refractivity contribution in [1.29, 1.82) is 0 Å². The minimum Gasteiger partial charge on any atom is -0.454 e. The van der Waals surface area contributed by atoms with Crippen LogP contribution in [0.4, 0.5) is 5.69 Å². The highest BCUT2D eigenvalue weighted by Crippen LogP contribution is 2.32. The van der Waals surface area contributed by atoms with Crippen molar-refractivity contribution in [3.63, 3.8) is 0 Å².